The van der Waals surface area contributed by atoms with Crippen molar-refractivity contribution in [3.63, 3.8) is 0 Å². The lowest BCUT2D eigenvalue weighted by atomic mass is 10.4. The van der Waals surface area contributed by atoms with Crippen molar-refractivity contribution >= 4 is 5.91 Å². The van der Waals surface area contributed by atoms with E-state index in [1.807, 2.05) is 4.90 Å². The first-order valence-electron chi connectivity index (χ1n) is 3.52. The molecule has 1 amide bonds. The van der Waals surface area contributed by atoms with E-state index in [0.29, 0.717) is 0 Å². The molecule has 10 heavy (non-hydrogen) atoms. The van der Waals surface area contributed by atoms with Crippen molar-refractivity contribution in [2.75, 3.05) is 13.1 Å². The second kappa shape index (κ2) is 3.26. The number of rotatable bonds is 0. The van der Waals surface area contributed by atoms with E-state index >= 15 is 0 Å². The lowest BCUT2D eigenvalue weighted by molar-refractivity contribution is -0.128. The molecule has 1 heterocycles. The van der Waals surface area contributed by atoms with Crippen LogP contribution in [0.4, 0.5) is 0 Å². The smallest absolute Gasteiger partial charge is 0.219 e. The Balaban J connectivity index is 2.43. The Morgan fingerprint density at radius 1 is 1.30 bits per heavy atom. The molecule has 0 saturated heterocycles. The summed E-state index contributed by atoms with van der Waals surface area (Å²) in [7, 11) is 0. The second-order valence-electron chi connectivity index (χ2n) is 2.36. The van der Waals surface area contributed by atoms with Crippen LogP contribution in [0.1, 0.15) is 19.8 Å². The molecular weight excluding hydrogens is 126 g/mol. The predicted octanol–water partition coefficient (Wildman–Crippen LogP) is 0.632. The summed E-state index contributed by atoms with van der Waals surface area (Å²) < 4.78 is 0. The molecule has 0 radical (unpaired) electrons. The van der Waals surface area contributed by atoms with Crippen LogP contribution in [0, 0.1) is 11.8 Å². The third-order valence-corrected chi connectivity index (χ3v) is 1.58. The molecule has 2 nitrogen and oxygen atoms in total. The molecule has 0 spiro atoms. The molecule has 0 atom stereocenters. The van der Waals surface area contributed by atoms with E-state index in [2.05, 4.69) is 11.8 Å². The fourth-order valence-corrected chi connectivity index (χ4v) is 0.985. The first-order valence-corrected chi connectivity index (χ1v) is 3.52. The Bertz CT molecular complexity index is 175. The molecule has 0 unspecified atom stereocenters. The number of nitrogens with zero attached hydrogens (tertiary/aromatic N) is 1. The monoisotopic (exact) mass is 137 g/mol. The van der Waals surface area contributed by atoms with Crippen LogP contribution in [-0.2, 0) is 4.79 Å². The molecule has 1 aliphatic rings. The zero-order valence-corrected chi connectivity index (χ0v) is 6.18. The van der Waals surface area contributed by atoms with E-state index < -0.39 is 0 Å². The standard InChI is InChI=1S/C8H11NO/c1-8(10)9-6-4-2-3-5-7-9/h4-7H2,1H3. The van der Waals surface area contributed by atoms with Gasteiger partial charge in [-0.3, -0.25) is 4.79 Å². The van der Waals surface area contributed by atoms with E-state index in [9.17, 15) is 4.79 Å². The van der Waals surface area contributed by atoms with Gasteiger partial charge in [-0.15, -0.1) is 11.8 Å². The van der Waals surface area contributed by atoms with Crippen LogP contribution < -0.4 is 0 Å². The van der Waals surface area contributed by atoms with Gasteiger partial charge in [0.25, 0.3) is 0 Å². The largest absolute Gasteiger partial charge is 0.341 e. The Morgan fingerprint density at radius 2 is 1.80 bits per heavy atom. The summed E-state index contributed by atoms with van der Waals surface area (Å²) in [5.41, 5.74) is 0. The third kappa shape index (κ3) is 1.77. The van der Waals surface area contributed by atoms with Gasteiger partial charge in [-0.2, -0.15) is 0 Å². The van der Waals surface area contributed by atoms with Gasteiger partial charge in [-0.05, 0) is 0 Å². The highest BCUT2D eigenvalue weighted by Gasteiger charge is 2.07. The number of amides is 1. The van der Waals surface area contributed by atoms with Gasteiger partial charge < -0.3 is 4.90 Å². The van der Waals surface area contributed by atoms with Crippen LogP contribution in [0.2, 0.25) is 0 Å². The number of hydrogen-bond acceptors (Lipinski definition) is 1. The summed E-state index contributed by atoms with van der Waals surface area (Å²) in [5, 5.41) is 0. The highest BCUT2D eigenvalue weighted by Crippen LogP contribution is 1.97. The van der Waals surface area contributed by atoms with E-state index in [4.69, 9.17) is 0 Å². The van der Waals surface area contributed by atoms with Gasteiger partial charge in [0.2, 0.25) is 5.91 Å². The molecule has 1 rings (SSSR count). The lowest BCUT2D eigenvalue weighted by Crippen LogP contribution is -2.29. The number of carbonyl (C=O) groups excluding carboxylic acids is 1. The predicted molar refractivity (Wildman–Crippen MR) is 39.3 cm³/mol. The van der Waals surface area contributed by atoms with Crippen molar-refractivity contribution in [2.24, 2.45) is 0 Å². The number of hydrogen-bond donors (Lipinski definition) is 0. The normalized spacial score (nSPS) is 17.1. The lowest BCUT2D eigenvalue weighted by Gasteiger charge is -2.16. The summed E-state index contributed by atoms with van der Waals surface area (Å²) in [4.78, 5) is 12.6. The zero-order chi connectivity index (χ0) is 7.40. The van der Waals surface area contributed by atoms with E-state index in [1.54, 1.807) is 6.92 Å². The molecule has 0 N–H and O–H groups in total. The van der Waals surface area contributed by atoms with Crippen LogP contribution in [0.3, 0.4) is 0 Å². The first kappa shape index (κ1) is 7.14. The SMILES string of the molecule is CC(=O)N1CCC#CCC1. The Labute approximate surface area is 61.2 Å². The summed E-state index contributed by atoms with van der Waals surface area (Å²) in [6.07, 6.45) is 1.67. The molecule has 2 heteroatoms. The molecular formula is C8H11NO. The van der Waals surface area contributed by atoms with Crippen molar-refractivity contribution in [1.29, 1.82) is 0 Å². The molecule has 0 saturated carbocycles. The Kier molecular flexibility index (Phi) is 2.33. The summed E-state index contributed by atoms with van der Waals surface area (Å²) in [5.74, 6) is 6.13. The van der Waals surface area contributed by atoms with Crippen molar-refractivity contribution in [3.05, 3.63) is 0 Å². The first-order chi connectivity index (χ1) is 4.80. The Hall–Kier alpha value is -0.970. The fraction of sp³-hybridized carbons (Fsp3) is 0.625. The highest BCUT2D eigenvalue weighted by atomic mass is 16.2. The number of carbonyl (C=O) groups is 1. The molecule has 1 aliphatic heterocycles. The topological polar surface area (TPSA) is 20.3 Å². The van der Waals surface area contributed by atoms with E-state index in [1.165, 1.54) is 0 Å². The minimum atomic E-state index is 0.158. The summed E-state index contributed by atoms with van der Waals surface area (Å²) in [6.45, 7) is 3.22. The molecule has 0 aromatic rings. The van der Waals surface area contributed by atoms with Crippen molar-refractivity contribution in [2.45, 2.75) is 19.8 Å². The van der Waals surface area contributed by atoms with Crippen LogP contribution in [0.25, 0.3) is 0 Å². The average molecular weight is 137 g/mol. The van der Waals surface area contributed by atoms with Gasteiger partial charge in [0, 0.05) is 32.9 Å². The maximum Gasteiger partial charge on any atom is 0.219 e. The minimum absolute atomic E-state index is 0.158. The summed E-state index contributed by atoms with van der Waals surface area (Å²) >= 11 is 0. The zero-order valence-electron chi connectivity index (χ0n) is 6.18. The molecule has 0 aromatic heterocycles. The van der Waals surface area contributed by atoms with Crippen LogP contribution in [0.5, 0.6) is 0 Å². The quantitative estimate of drug-likeness (QED) is 0.448. The van der Waals surface area contributed by atoms with Gasteiger partial charge in [0.1, 0.15) is 0 Å². The summed E-state index contributed by atoms with van der Waals surface area (Å²) in [6, 6.07) is 0. The molecule has 0 aliphatic carbocycles. The molecule has 0 aromatic carbocycles. The van der Waals surface area contributed by atoms with E-state index in [0.717, 1.165) is 25.9 Å². The maximum absolute atomic E-state index is 10.8. The molecule has 0 fully saturated rings. The van der Waals surface area contributed by atoms with Crippen LogP contribution >= 0.6 is 0 Å². The fourth-order valence-electron chi connectivity index (χ4n) is 0.985. The molecule has 54 valence electrons. The minimum Gasteiger partial charge on any atom is -0.341 e. The van der Waals surface area contributed by atoms with Gasteiger partial charge >= 0.3 is 0 Å². The van der Waals surface area contributed by atoms with Gasteiger partial charge in [-0.1, -0.05) is 0 Å². The van der Waals surface area contributed by atoms with E-state index in [-0.39, 0.29) is 5.91 Å². The van der Waals surface area contributed by atoms with Gasteiger partial charge in [-0.25, -0.2) is 0 Å². The van der Waals surface area contributed by atoms with Gasteiger partial charge in [0.05, 0.1) is 0 Å². The van der Waals surface area contributed by atoms with Gasteiger partial charge in [0.15, 0.2) is 0 Å². The third-order valence-electron chi connectivity index (χ3n) is 1.58. The average Bonchev–Trinajstić information content (AvgIpc) is 2.12. The Morgan fingerprint density at radius 3 is 2.20 bits per heavy atom. The van der Waals surface area contributed by atoms with Crippen molar-refractivity contribution in [1.82, 2.24) is 4.90 Å². The second-order valence-corrected chi connectivity index (χ2v) is 2.36. The van der Waals surface area contributed by atoms with Crippen LogP contribution in [-0.4, -0.2) is 23.9 Å². The molecule has 0 bridgehead atoms. The maximum atomic E-state index is 10.8. The van der Waals surface area contributed by atoms with Crippen molar-refractivity contribution < 1.29 is 4.79 Å². The highest BCUT2D eigenvalue weighted by molar-refractivity contribution is 5.73. The van der Waals surface area contributed by atoms with Crippen molar-refractivity contribution in [3.8, 4) is 11.8 Å². The van der Waals surface area contributed by atoms with Crippen LogP contribution in [0.15, 0.2) is 0 Å².